The Kier molecular flexibility index (Phi) is 4.68. The fourth-order valence-corrected chi connectivity index (χ4v) is 2.08. The van der Waals surface area contributed by atoms with Crippen molar-refractivity contribution in [2.24, 2.45) is 0 Å². The molecule has 0 aliphatic heterocycles. The molecule has 116 valence electrons. The lowest BCUT2D eigenvalue weighted by molar-refractivity contribution is -0.119. The first kappa shape index (κ1) is 15.2. The Labute approximate surface area is 137 Å². The third-order valence-corrected chi connectivity index (χ3v) is 3.33. The van der Waals surface area contributed by atoms with E-state index in [4.69, 9.17) is 21.1 Å². The second-order valence-corrected chi connectivity index (χ2v) is 5.10. The summed E-state index contributed by atoms with van der Waals surface area (Å²) in [4.78, 5) is 20.1. The molecule has 0 radical (unpaired) electrons. The number of carbonyl (C=O) groups excluding carboxylic acids is 1. The summed E-state index contributed by atoms with van der Waals surface area (Å²) in [5, 5.41) is -0.657. The number of hydrogen-bond acceptors (Lipinski definition) is 5. The Bertz CT molecular complexity index is 811. The summed E-state index contributed by atoms with van der Waals surface area (Å²) in [7, 11) is 0. The number of ether oxygens (including phenoxy) is 2. The standard InChI is InChI=1S/C17H13ClN2O3/c18-17(21)15(11-22-12-6-2-1-3-7-12)23-16-10-19-13-8-4-5-9-14(13)20-16/h1-10,15H,11H2. The van der Waals surface area contributed by atoms with Crippen LogP contribution in [-0.2, 0) is 4.79 Å². The van der Waals surface area contributed by atoms with E-state index in [9.17, 15) is 4.79 Å². The molecule has 1 heterocycles. The van der Waals surface area contributed by atoms with E-state index in [1.165, 1.54) is 6.20 Å². The Balaban J connectivity index is 1.72. The Morgan fingerprint density at radius 2 is 1.74 bits per heavy atom. The molecular weight excluding hydrogens is 316 g/mol. The van der Waals surface area contributed by atoms with Crippen molar-refractivity contribution < 1.29 is 14.3 Å². The molecule has 0 saturated heterocycles. The molecule has 3 aromatic rings. The zero-order chi connectivity index (χ0) is 16.1. The lowest BCUT2D eigenvalue weighted by Crippen LogP contribution is -2.31. The van der Waals surface area contributed by atoms with Crippen molar-refractivity contribution in [1.82, 2.24) is 9.97 Å². The van der Waals surface area contributed by atoms with Crippen molar-refractivity contribution in [2.75, 3.05) is 6.61 Å². The van der Waals surface area contributed by atoms with Crippen LogP contribution in [0.15, 0.2) is 60.8 Å². The van der Waals surface area contributed by atoms with Crippen LogP contribution in [0.4, 0.5) is 0 Å². The van der Waals surface area contributed by atoms with E-state index in [2.05, 4.69) is 9.97 Å². The van der Waals surface area contributed by atoms with E-state index in [1.54, 1.807) is 12.1 Å². The summed E-state index contributed by atoms with van der Waals surface area (Å²) in [6.45, 7) is -0.0130. The van der Waals surface area contributed by atoms with Crippen LogP contribution in [0.1, 0.15) is 0 Å². The van der Waals surface area contributed by atoms with Gasteiger partial charge in [-0.3, -0.25) is 4.79 Å². The summed E-state index contributed by atoms with van der Waals surface area (Å²) < 4.78 is 11.0. The fourth-order valence-electron chi connectivity index (χ4n) is 1.98. The van der Waals surface area contributed by atoms with Gasteiger partial charge < -0.3 is 9.47 Å². The summed E-state index contributed by atoms with van der Waals surface area (Å²) in [5.74, 6) is 0.850. The SMILES string of the molecule is O=C(Cl)C(COc1ccccc1)Oc1cnc2ccccc2n1. The first-order chi connectivity index (χ1) is 11.2. The van der Waals surface area contributed by atoms with Crippen LogP contribution in [0.2, 0.25) is 0 Å². The van der Waals surface area contributed by atoms with Gasteiger partial charge in [0.2, 0.25) is 12.0 Å². The molecule has 1 atom stereocenters. The molecule has 1 aromatic heterocycles. The van der Waals surface area contributed by atoms with E-state index >= 15 is 0 Å². The number of para-hydroxylation sites is 3. The first-order valence-corrected chi connectivity index (χ1v) is 7.36. The van der Waals surface area contributed by atoms with Crippen LogP contribution >= 0.6 is 11.6 Å². The van der Waals surface area contributed by atoms with Crippen LogP contribution in [0.3, 0.4) is 0 Å². The summed E-state index contributed by atoms with van der Waals surface area (Å²) >= 11 is 5.59. The lowest BCUT2D eigenvalue weighted by Gasteiger charge is -2.15. The molecule has 0 amide bonds. The molecule has 0 fully saturated rings. The summed E-state index contributed by atoms with van der Waals surface area (Å²) in [6, 6.07) is 16.5. The summed E-state index contributed by atoms with van der Waals surface area (Å²) in [5.41, 5.74) is 1.42. The van der Waals surface area contributed by atoms with E-state index in [0.29, 0.717) is 11.3 Å². The number of nitrogens with zero attached hydrogens (tertiary/aromatic N) is 2. The van der Waals surface area contributed by atoms with Gasteiger partial charge >= 0.3 is 0 Å². The van der Waals surface area contributed by atoms with Crippen LogP contribution in [-0.4, -0.2) is 27.9 Å². The molecule has 0 spiro atoms. The highest BCUT2D eigenvalue weighted by atomic mass is 35.5. The van der Waals surface area contributed by atoms with Gasteiger partial charge in [-0.2, -0.15) is 0 Å². The first-order valence-electron chi connectivity index (χ1n) is 6.98. The van der Waals surface area contributed by atoms with Crippen LogP contribution in [0.25, 0.3) is 11.0 Å². The molecule has 0 aliphatic rings. The molecule has 0 N–H and O–H groups in total. The summed E-state index contributed by atoms with van der Waals surface area (Å²) in [6.07, 6.45) is 0.491. The van der Waals surface area contributed by atoms with Gasteiger partial charge in [-0.1, -0.05) is 30.3 Å². The maximum atomic E-state index is 11.5. The van der Waals surface area contributed by atoms with Crippen LogP contribution in [0, 0.1) is 0 Å². The number of carbonyl (C=O) groups is 1. The number of fused-ring (bicyclic) bond motifs is 1. The predicted octanol–water partition coefficient (Wildman–Crippen LogP) is 3.22. The average molecular weight is 329 g/mol. The van der Waals surface area contributed by atoms with E-state index in [0.717, 1.165) is 5.52 Å². The second-order valence-electron chi connectivity index (χ2n) is 4.73. The van der Waals surface area contributed by atoms with Gasteiger partial charge in [-0.05, 0) is 35.9 Å². The normalized spacial score (nSPS) is 11.9. The van der Waals surface area contributed by atoms with Gasteiger partial charge in [0.15, 0.2) is 0 Å². The predicted molar refractivity (Wildman–Crippen MR) is 86.8 cm³/mol. The van der Waals surface area contributed by atoms with Gasteiger partial charge in [-0.25, -0.2) is 9.97 Å². The van der Waals surface area contributed by atoms with Crippen molar-refractivity contribution in [1.29, 1.82) is 0 Å². The Hall–Kier alpha value is -2.66. The number of aromatic nitrogens is 2. The highest BCUT2D eigenvalue weighted by Gasteiger charge is 2.20. The highest BCUT2D eigenvalue weighted by molar-refractivity contribution is 6.64. The third kappa shape index (κ3) is 3.96. The molecule has 0 bridgehead atoms. The van der Waals surface area contributed by atoms with Gasteiger partial charge in [0.25, 0.3) is 5.24 Å². The fraction of sp³-hybridized carbons (Fsp3) is 0.118. The quantitative estimate of drug-likeness (QED) is 0.650. The largest absolute Gasteiger partial charge is 0.489 e. The van der Waals surface area contributed by atoms with Crippen molar-refractivity contribution in [3.8, 4) is 11.6 Å². The minimum absolute atomic E-state index is 0.0130. The second kappa shape index (κ2) is 7.07. The molecule has 0 aliphatic carbocycles. The number of halogens is 1. The van der Waals surface area contributed by atoms with Gasteiger partial charge in [-0.15, -0.1) is 0 Å². The zero-order valence-corrected chi connectivity index (χ0v) is 12.8. The smallest absolute Gasteiger partial charge is 0.265 e. The zero-order valence-electron chi connectivity index (χ0n) is 12.1. The molecule has 0 saturated carbocycles. The Morgan fingerprint density at radius 3 is 2.48 bits per heavy atom. The van der Waals surface area contributed by atoms with E-state index in [1.807, 2.05) is 42.5 Å². The molecular formula is C17H13ClN2O3. The number of benzene rings is 2. The minimum atomic E-state index is -0.965. The van der Waals surface area contributed by atoms with Crippen molar-refractivity contribution in [2.45, 2.75) is 6.10 Å². The van der Waals surface area contributed by atoms with Crippen LogP contribution in [0.5, 0.6) is 11.6 Å². The van der Waals surface area contributed by atoms with Crippen molar-refractivity contribution in [3.05, 3.63) is 60.8 Å². The maximum Gasteiger partial charge on any atom is 0.265 e. The molecule has 1 unspecified atom stereocenters. The van der Waals surface area contributed by atoms with E-state index in [-0.39, 0.29) is 12.5 Å². The molecule has 5 nitrogen and oxygen atoms in total. The molecule has 6 heteroatoms. The van der Waals surface area contributed by atoms with Gasteiger partial charge in [0, 0.05) is 0 Å². The third-order valence-electron chi connectivity index (χ3n) is 3.09. The van der Waals surface area contributed by atoms with Gasteiger partial charge in [0.1, 0.15) is 12.4 Å². The molecule has 23 heavy (non-hydrogen) atoms. The number of hydrogen-bond donors (Lipinski definition) is 0. The highest BCUT2D eigenvalue weighted by Crippen LogP contribution is 2.16. The lowest BCUT2D eigenvalue weighted by atomic mass is 10.3. The molecule has 3 rings (SSSR count). The Morgan fingerprint density at radius 1 is 1.04 bits per heavy atom. The minimum Gasteiger partial charge on any atom is -0.489 e. The monoisotopic (exact) mass is 328 g/mol. The maximum absolute atomic E-state index is 11.5. The number of rotatable bonds is 6. The van der Waals surface area contributed by atoms with Crippen LogP contribution < -0.4 is 9.47 Å². The molecule has 2 aromatic carbocycles. The topological polar surface area (TPSA) is 61.3 Å². The average Bonchev–Trinajstić information content (AvgIpc) is 2.59. The van der Waals surface area contributed by atoms with E-state index < -0.39 is 11.3 Å². The van der Waals surface area contributed by atoms with Crippen molar-refractivity contribution in [3.63, 3.8) is 0 Å². The van der Waals surface area contributed by atoms with Gasteiger partial charge in [0.05, 0.1) is 17.2 Å². The van der Waals surface area contributed by atoms with Crippen molar-refractivity contribution >= 4 is 27.9 Å².